The van der Waals surface area contributed by atoms with Gasteiger partial charge in [0.25, 0.3) is 5.92 Å². The van der Waals surface area contributed by atoms with Gasteiger partial charge in [-0.25, -0.2) is 13.8 Å². The van der Waals surface area contributed by atoms with E-state index in [1.54, 1.807) is 6.20 Å². The first kappa shape index (κ1) is 11.9. The molecule has 0 bridgehead atoms. The molecule has 1 fully saturated rings. The van der Waals surface area contributed by atoms with Gasteiger partial charge in [0.05, 0.1) is 0 Å². The lowest BCUT2D eigenvalue weighted by molar-refractivity contribution is -0.0566. The van der Waals surface area contributed by atoms with Gasteiger partial charge in [-0.3, -0.25) is 4.90 Å². The Morgan fingerprint density at radius 1 is 1.31 bits per heavy atom. The first-order valence-electron chi connectivity index (χ1n) is 5.26. The number of nitrogens with zero attached hydrogens (tertiary/aromatic N) is 2. The van der Waals surface area contributed by atoms with E-state index in [4.69, 9.17) is 0 Å². The number of alkyl halides is 2. The molecule has 1 saturated heterocycles. The van der Waals surface area contributed by atoms with Gasteiger partial charge < -0.3 is 0 Å². The van der Waals surface area contributed by atoms with E-state index in [1.165, 1.54) is 0 Å². The Morgan fingerprint density at radius 3 is 2.56 bits per heavy atom. The fraction of sp³-hybridized carbons (Fsp3) is 0.545. The zero-order chi connectivity index (χ0) is 11.6. The highest BCUT2D eigenvalue weighted by molar-refractivity contribution is 9.10. The molecule has 2 nitrogen and oxygen atoms in total. The van der Waals surface area contributed by atoms with Gasteiger partial charge in [0, 0.05) is 38.7 Å². The SMILES string of the molecule is FC1(F)CCN(Cc2ccc(Br)nc2)CC1. The summed E-state index contributed by atoms with van der Waals surface area (Å²) in [5.74, 6) is -2.46. The number of halogens is 3. The summed E-state index contributed by atoms with van der Waals surface area (Å²) in [6.07, 6.45) is 1.71. The number of pyridine rings is 1. The number of hydrogen-bond donors (Lipinski definition) is 0. The topological polar surface area (TPSA) is 16.1 Å². The van der Waals surface area contributed by atoms with Crippen molar-refractivity contribution in [1.29, 1.82) is 0 Å². The van der Waals surface area contributed by atoms with Crippen LogP contribution in [0.1, 0.15) is 18.4 Å². The van der Waals surface area contributed by atoms with E-state index >= 15 is 0 Å². The van der Waals surface area contributed by atoms with Crippen molar-refractivity contribution in [2.24, 2.45) is 0 Å². The maximum absolute atomic E-state index is 12.9. The van der Waals surface area contributed by atoms with Gasteiger partial charge in [0.15, 0.2) is 0 Å². The Hall–Kier alpha value is -0.550. The zero-order valence-corrected chi connectivity index (χ0v) is 10.4. The lowest BCUT2D eigenvalue weighted by atomic mass is 10.1. The summed E-state index contributed by atoms with van der Waals surface area (Å²) in [6.45, 7) is 1.63. The molecule has 16 heavy (non-hydrogen) atoms. The smallest absolute Gasteiger partial charge is 0.250 e. The highest BCUT2D eigenvalue weighted by atomic mass is 79.9. The maximum atomic E-state index is 12.9. The van der Waals surface area contributed by atoms with Crippen molar-refractivity contribution in [2.75, 3.05) is 13.1 Å². The Kier molecular flexibility index (Phi) is 3.54. The molecule has 0 spiro atoms. The Bertz CT molecular complexity index is 344. The van der Waals surface area contributed by atoms with Crippen LogP contribution >= 0.6 is 15.9 Å². The molecule has 2 heterocycles. The third-order valence-electron chi connectivity index (χ3n) is 2.78. The monoisotopic (exact) mass is 290 g/mol. The van der Waals surface area contributed by atoms with Crippen LogP contribution in [0.4, 0.5) is 8.78 Å². The third kappa shape index (κ3) is 3.22. The van der Waals surface area contributed by atoms with Gasteiger partial charge in [-0.15, -0.1) is 0 Å². The minimum atomic E-state index is -2.46. The summed E-state index contributed by atoms with van der Waals surface area (Å²) in [4.78, 5) is 6.16. The van der Waals surface area contributed by atoms with Crippen molar-refractivity contribution < 1.29 is 8.78 Å². The largest absolute Gasteiger partial charge is 0.299 e. The predicted octanol–water partition coefficient (Wildman–Crippen LogP) is 3.08. The van der Waals surface area contributed by atoms with Crippen LogP contribution in [-0.2, 0) is 6.54 Å². The van der Waals surface area contributed by atoms with Crippen molar-refractivity contribution >= 4 is 15.9 Å². The molecule has 0 N–H and O–H groups in total. The third-order valence-corrected chi connectivity index (χ3v) is 3.25. The molecule has 0 radical (unpaired) electrons. The molecular formula is C11H13BrF2N2. The molecule has 1 aromatic rings. The number of aromatic nitrogens is 1. The molecule has 1 aliphatic heterocycles. The van der Waals surface area contributed by atoms with Crippen molar-refractivity contribution in [1.82, 2.24) is 9.88 Å². The molecule has 0 unspecified atom stereocenters. The zero-order valence-electron chi connectivity index (χ0n) is 8.80. The van der Waals surface area contributed by atoms with Crippen LogP contribution < -0.4 is 0 Å². The molecule has 1 aliphatic rings. The summed E-state index contributed by atoms with van der Waals surface area (Å²) in [5, 5.41) is 0. The Labute approximate surface area is 102 Å². The van der Waals surface area contributed by atoms with E-state index in [0.717, 1.165) is 10.2 Å². The van der Waals surface area contributed by atoms with Gasteiger partial charge in [-0.2, -0.15) is 0 Å². The number of piperidine rings is 1. The van der Waals surface area contributed by atoms with Crippen LogP contribution in [0.15, 0.2) is 22.9 Å². The van der Waals surface area contributed by atoms with Gasteiger partial charge in [-0.05, 0) is 27.6 Å². The molecule has 0 amide bonds. The van der Waals surface area contributed by atoms with Gasteiger partial charge in [-0.1, -0.05) is 6.07 Å². The molecule has 88 valence electrons. The van der Waals surface area contributed by atoms with E-state index in [0.29, 0.717) is 19.6 Å². The second kappa shape index (κ2) is 4.75. The van der Waals surface area contributed by atoms with Gasteiger partial charge in [0.2, 0.25) is 0 Å². The number of hydrogen-bond acceptors (Lipinski definition) is 2. The summed E-state index contributed by atoms with van der Waals surface area (Å²) in [6, 6.07) is 3.83. The molecule has 5 heteroatoms. The van der Waals surface area contributed by atoms with Crippen LogP contribution in [0.5, 0.6) is 0 Å². The van der Waals surface area contributed by atoms with Gasteiger partial charge in [0.1, 0.15) is 4.60 Å². The van der Waals surface area contributed by atoms with Crippen LogP contribution in [0.25, 0.3) is 0 Å². The predicted molar refractivity (Wildman–Crippen MR) is 61.4 cm³/mol. The molecule has 1 aromatic heterocycles. The van der Waals surface area contributed by atoms with Crippen molar-refractivity contribution in [3.05, 3.63) is 28.5 Å². The summed E-state index contributed by atoms with van der Waals surface area (Å²) < 4.78 is 26.6. The van der Waals surface area contributed by atoms with Crippen LogP contribution in [0.2, 0.25) is 0 Å². The normalized spacial score (nSPS) is 20.9. The second-order valence-corrected chi connectivity index (χ2v) is 4.93. The van der Waals surface area contributed by atoms with E-state index in [2.05, 4.69) is 20.9 Å². The van der Waals surface area contributed by atoms with Crippen molar-refractivity contribution in [3.63, 3.8) is 0 Å². The van der Waals surface area contributed by atoms with Crippen molar-refractivity contribution in [2.45, 2.75) is 25.3 Å². The molecule has 0 aromatic carbocycles. The van der Waals surface area contributed by atoms with E-state index in [9.17, 15) is 8.78 Å². The summed E-state index contributed by atoms with van der Waals surface area (Å²) >= 11 is 3.26. The molecule has 0 aliphatic carbocycles. The fourth-order valence-electron chi connectivity index (χ4n) is 1.80. The van der Waals surface area contributed by atoms with Crippen LogP contribution in [0, 0.1) is 0 Å². The number of likely N-dealkylation sites (tertiary alicyclic amines) is 1. The Balaban J connectivity index is 1.89. The second-order valence-electron chi connectivity index (χ2n) is 4.12. The molecule has 2 rings (SSSR count). The molecular weight excluding hydrogens is 278 g/mol. The molecule has 0 saturated carbocycles. The molecule has 0 atom stereocenters. The summed E-state index contributed by atoms with van der Waals surface area (Å²) in [7, 11) is 0. The minimum absolute atomic E-state index is 0.0308. The first-order chi connectivity index (χ1) is 7.55. The minimum Gasteiger partial charge on any atom is -0.299 e. The van der Waals surface area contributed by atoms with E-state index in [-0.39, 0.29) is 12.8 Å². The summed E-state index contributed by atoms with van der Waals surface area (Å²) in [5.41, 5.74) is 1.06. The van der Waals surface area contributed by atoms with E-state index in [1.807, 2.05) is 17.0 Å². The highest BCUT2D eigenvalue weighted by Crippen LogP contribution is 2.28. The highest BCUT2D eigenvalue weighted by Gasteiger charge is 2.33. The average Bonchev–Trinajstić information content (AvgIpc) is 2.24. The van der Waals surface area contributed by atoms with E-state index < -0.39 is 5.92 Å². The van der Waals surface area contributed by atoms with Crippen molar-refractivity contribution in [3.8, 4) is 0 Å². The lowest BCUT2D eigenvalue weighted by Gasteiger charge is -2.31. The lowest BCUT2D eigenvalue weighted by Crippen LogP contribution is -2.38. The van der Waals surface area contributed by atoms with Crippen LogP contribution in [0.3, 0.4) is 0 Å². The average molecular weight is 291 g/mol. The Morgan fingerprint density at radius 2 is 2.00 bits per heavy atom. The number of rotatable bonds is 2. The van der Waals surface area contributed by atoms with Crippen LogP contribution in [-0.4, -0.2) is 28.9 Å². The standard InChI is InChI=1S/C11H13BrF2N2/c12-10-2-1-9(7-15-10)8-16-5-3-11(13,14)4-6-16/h1-2,7H,3-6,8H2. The first-order valence-corrected chi connectivity index (χ1v) is 6.05. The quantitative estimate of drug-likeness (QED) is 0.778. The van der Waals surface area contributed by atoms with Gasteiger partial charge >= 0.3 is 0 Å². The fourth-order valence-corrected chi connectivity index (χ4v) is 2.03. The maximum Gasteiger partial charge on any atom is 0.250 e.